The van der Waals surface area contributed by atoms with Gasteiger partial charge >= 0.3 is 5.97 Å². The Labute approximate surface area is 62.8 Å². The van der Waals surface area contributed by atoms with E-state index in [1.807, 2.05) is 0 Å². The number of ether oxygens (including phenoxy) is 1. The van der Waals surface area contributed by atoms with Crippen LogP contribution in [0.25, 0.3) is 0 Å². The molecule has 0 spiro atoms. The minimum atomic E-state index is -1.11. The lowest BCUT2D eigenvalue weighted by molar-refractivity contribution is -0.302. The molecule has 0 aromatic heterocycles. The first-order valence-electron chi connectivity index (χ1n) is 2.69. The fourth-order valence-corrected chi connectivity index (χ4v) is 0.304. The maximum Gasteiger partial charge on any atom is 0.390 e. The van der Waals surface area contributed by atoms with Crippen molar-refractivity contribution in [3.05, 3.63) is 24.1 Å². The molecule has 11 heavy (non-hydrogen) atoms. The van der Waals surface area contributed by atoms with E-state index in [1.54, 1.807) is 0 Å². The first-order chi connectivity index (χ1) is 5.18. The average molecular weight is 158 g/mol. The van der Waals surface area contributed by atoms with Crippen molar-refractivity contribution in [1.82, 2.24) is 0 Å². The van der Waals surface area contributed by atoms with Gasteiger partial charge in [-0.05, 0) is 6.08 Å². The van der Waals surface area contributed by atoms with Crippen molar-refractivity contribution < 1.29 is 25.2 Å². The average Bonchev–Trinajstić information content (AvgIpc) is 1.97. The van der Waals surface area contributed by atoms with E-state index in [-0.39, 0.29) is 12.2 Å². The van der Waals surface area contributed by atoms with Crippen LogP contribution in [0.1, 0.15) is 0 Å². The summed E-state index contributed by atoms with van der Waals surface area (Å²) in [4.78, 5) is 19.6. The molecule has 0 saturated heterocycles. The highest BCUT2D eigenvalue weighted by Crippen LogP contribution is 1.82. The van der Waals surface area contributed by atoms with Gasteiger partial charge in [-0.1, -0.05) is 0 Å². The fourth-order valence-electron chi connectivity index (χ4n) is 0.304. The van der Waals surface area contributed by atoms with Crippen LogP contribution in [0, 0.1) is 0 Å². The molecular weight excluding hydrogens is 150 g/mol. The van der Waals surface area contributed by atoms with Crippen molar-refractivity contribution >= 4 is 12.4 Å². The molecule has 0 atom stereocenters. The molecule has 0 heterocycles. The molecule has 0 saturated carbocycles. The third-order valence-electron chi connectivity index (χ3n) is 0.785. The Balaban J connectivity index is 3.90. The molecule has 0 unspecified atom stereocenters. The third kappa shape index (κ3) is 4.86. The fraction of sp³-hybridized carbons (Fsp3) is 0. The van der Waals surface area contributed by atoms with Crippen LogP contribution in [0.15, 0.2) is 24.1 Å². The Hall–Kier alpha value is -1.62. The molecule has 60 valence electrons. The number of carboxylic acid groups (broad SMARTS) is 1. The zero-order valence-electron chi connectivity index (χ0n) is 5.69. The van der Waals surface area contributed by atoms with E-state index in [0.29, 0.717) is 0 Å². The Kier molecular flexibility index (Phi) is 4.42. The second-order valence-electron chi connectivity index (χ2n) is 1.56. The summed E-state index contributed by atoms with van der Waals surface area (Å²) in [5.41, 5.74) is 3.13. The molecule has 0 fully saturated rings. The van der Waals surface area contributed by atoms with Crippen molar-refractivity contribution in [2.24, 2.45) is 0 Å². The molecule has 0 rings (SSSR count). The minimum Gasteiger partial charge on any atom is -0.474 e. The first kappa shape index (κ1) is 9.38. The van der Waals surface area contributed by atoms with Crippen molar-refractivity contribution in [2.45, 2.75) is 0 Å². The molecular formula is C6H8NO4+. The molecule has 0 radical (unpaired) electrons. The second-order valence-corrected chi connectivity index (χ2v) is 1.56. The highest BCUT2D eigenvalue weighted by Gasteiger charge is 2.01. The van der Waals surface area contributed by atoms with Gasteiger partial charge in [0.15, 0.2) is 0 Å². The number of carbonyl (C=O) groups excluding carboxylic acids is 1. The van der Waals surface area contributed by atoms with Crippen LogP contribution in [0.4, 0.5) is 0 Å². The maximum absolute atomic E-state index is 10.1. The van der Waals surface area contributed by atoms with Crippen LogP contribution >= 0.6 is 0 Å². The van der Waals surface area contributed by atoms with E-state index in [2.05, 4.69) is 10.5 Å². The van der Waals surface area contributed by atoms with Crippen LogP contribution in [0.5, 0.6) is 0 Å². The monoisotopic (exact) mass is 158 g/mol. The van der Waals surface area contributed by atoms with E-state index in [9.17, 15) is 9.59 Å². The predicted octanol–water partition coefficient (Wildman–Crippen LogP) is -1.12. The van der Waals surface area contributed by atoms with E-state index >= 15 is 0 Å². The molecule has 4 N–H and O–H groups in total. The summed E-state index contributed by atoms with van der Waals surface area (Å²) in [7, 11) is 0. The summed E-state index contributed by atoms with van der Waals surface area (Å²) in [6.45, 7) is 0.230. The Morgan fingerprint density at radius 1 is 1.55 bits per heavy atom. The van der Waals surface area contributed by atoms with Crippen molar-refractivity contribution in [2.75, 3.05) is 0 Å². The number of rotatable bonds is 4. The molecule has 0 aromatic carbocycles. The van der Waals surface area contributed by atoms with Gasteiger partial charge in [0.25, 0.3) is 6.47 Å². The molecule has 0 aliphatic heterocycles. The van der Waals surface area contributed by atoms with E-state index in [1.165, 1.54) is 12.2 Å². The Morgan fingerprint density at radius 3 is 2.64 bits per heavy atom. The lowest BCUT2D eigenvalue weighted by atomic mass is 10.4. The summed E-state index contributed by atoms with van der Waals surface area (Å²) >= 11 is 0. The van der Waals surface area contributed by atoms with Crippen molar-refractivity contribution in [3.8, 4) is 0 Å². The highest BCUT2D eigenvalue weighted by molar-refractivity contribution is 5.83. The smallest absolute Gasteiger partial charge is 0.390 e. The summed E-state index contributed by atoms with van der Waals surface area (Å²) < 4.78 is 4.14. The lowest BCUT2D eigenvalue weighted by Gasteiger charge is -1.83. The number of carbonyl (C=O) groups is 2. The van der Waals surface area contributed by atoms with Crippen LogP contribution in [-0.4, -0.2) is 17.5 Å². The van der Waals surface area contributed by atoms with Gasteiger partial charge in [-0.3, -0.25) is 4.79 Å². The van der Waals surface area contributed by atoms with Gasteiger partial charge in [-0.15, -0.1) is 0 Å². The van der Waals surface area contributed by atoms with Crippen molar-refractivity contribution in [3.63, 3.8) is 0 Å². The molecule has 5 heteroatoms. The normalized spacial score (nSPS) is 11.5. The molecule has 5 nitrogen and oxygen atoms in total. The second kappa shape index (κ2) is 5.19. The van der Waals surface area contributed by atoms with Gasteiger partial charge in [0.05, 0.1) is 6.26 Å². The molecule has 0 amide bonds. The minimum absolute atomic E-state index is 0.0734. The van der Waals surface area contributed by atoms with Crippen molar-refractivity contribution in [1.29, 1.82) is 0 Å². The summed E-state index contributed by atoms with van der Waals surface area (Å²) in [5, 5.41) is 8.26. The maximum atomic E-state index is 10.1. The molecule has 0 aromatic rings. The van der Waals surface area contributed by atoms with Gasteiger partial charge in [-0.2, -0.15) is 0 Å². The lowest BCUT2D eigenvalue weighted by Crippen LogP contribution is -2.51. The topological polar surface area (TPSA) is 91.2 Å². The van der Waals surface area contributed by atoms with Crippen LogP contribution in [0.2, 0.25) is 0 Å². The largest absolute Gasteiger partial charge is 0.474 e. The van der Waals surface area contributed by atoms with Crippen LogP contribution in [-0.2, 0) is 14.3 Å². The quantitative estimate of drug-likeness (QED) is 0.235. The Morgan fingerprint density at radius 2 is 2.18 bits per heavy atom. The van der Waals surface area contributed by atoms with Crippen LogP contribution in [0.3, 0.4) is 0 Å². The number of hydrogen-bond acceptors (Lipinski definition) is 3. The summed E-state index contributed by atoms with van der Waals surface area (Å²) in [5.74, 6) is -1.11. The zero-order chi connectivity index (χ0) is 8.69. The number of aliphatic carboxylic acids is 1. The summed E-state index contributed by atoms with van der Waals surface area (Å²) in [6.07, 6.45) is 3.54. The first-order valence-corrected chi connectivity index (χ1v) is 2.69. The standard InChI is InChI=1S/C6H7NO4/c7-5(6(9)10)2-1-3-11-4-8/h1-4H,7H2,(H,9,10)/p+1/b3-1+,5-2-. The van der Waals surface area contributed by atoms with Gasteiger partial charge in [0.2, 0.25) is 5.70 Å². The number of carboxylic acids is 1. The van der Waals surface area contributed by atoms with Gasteiger partial charge in [0.1, 0.15) is 0 Å². The summed E-state index contributed by atoms with van der Waals surface area (Å²) in [6, 6.07) is 0. The van der Waals surface area contributed by atoms with E-state index < -0.39 is 5.97 Å². The molecule has 0 aliphatic rings. The number of quaternary nitrogens is 1. The SMILES string of the molecule is [NH3+]/C(=C\C=C\OC=O)C(=O)O. The third-order valence-corrected chi connectivity index (χ3v) is 0.785. The molecule has 0 bridgehead atoms. The zero-order valence-corrected chi connectivity index (χ0v) is 5.69. The van der Waals surface area contributed by atoms with Crippen LogP contribution < -0.4 is 5.73 Å². The number of allylic oxidation sites excluding steroid dienone is 2. The highest BCUT2D eigenvalue weighted by atomic mass is 16.5. The van der Waals surface area contributed by atoms with E-state index in [0.717, 1.165) is 6.26 Å². The van der Waals surface area contributed by atoms with Gasteiger partial charge in [-0.25, -0.2) is 4.79 Å². The molecule has 0 aliphatic carbocycles. The van der Waals surface area contributed by atoms with Gasteiger partial charge < -0.3 is 15.6 Å². The van der Waals surface area contributed by atoms with E-state index in [4.69, 9.17) is 5.11 Å². The van der Waals surface area contributed by atoms with Gasteiger partial charge in [0, 0.05) is 6.08 Å². The Bertz CT molecular complexity index is 207. The number of hydrogen-bond donors (Lipinski definition) is 2. The predicted molar refractivity (Wildman–Crippen MR) is 34.9 cm³/mol.